The predicted molar refractivity (Wildman–Crippen MR) is 84.1 cm³/mol. The molecule has 1 aromatic carbocycles. The summed E-state index contributed by atoms with van der Waals surface area (Å²) in [6, 6.07) is 7.01. The Hall–Kier alpha value is -2.47. The molecule has 0 saturated heterocycles. The average Bonchev–Trinajstić information content (AvgIpc) is 3.10. The van der Waals surface area contributed by atoms with Crippen LogP contribution >= 0.6 is 11.6 Å². The highest BCUT2D eigenvalue weighted by Crippen LogP contribution is 2.31. The number of aromatic amines is 1. The molecule has 0 saturated carbocycles. The molecule has 0 fully saturated rings. The SMILES string of the molecule is COc1nccc(CC(c2cnc[nH]2)c2cccc(Cl)c2F)n1. The van der Waals surface area contributed by atoms with E-state index in [1.165, 1.54) is 13.2 Å². The van der Waals surface area contributed by atoms with Gasteiger partial charge >= 0.3 is 6.01 Å². The number of halogens is 2. The fourth-order valence-electron chi connectivity index (χ4n) is 2.43. The molecule has 1 atom stereocenters. The van der Waals surface area contributed by atoms with E-state index in [1.54, 1.807) is 36.9 Å². The number of ether oxygens (including phenoxy) is 1. The maximum absolute atomic E-state index is 14.5. The lowest BCUT2D eigenvalue weighted by molar-refractivity contribution is 0.377. The summed E-state index contributed by atoms with van der Waals surface area (Å²) in [5, 5.41) is 0.0901. The minimum atomic E-state index is -0.435. The Bertz CT molecular complexity index is 795. The second kappa shape index (κ2) is 6.75. The lowest BCUT2D eigenvalue weighted by atomic mass is 9.91. The number of nitrogens with one attached hydrogen (secondary N) is 1. The number of benzene rings is 1. The van der Waals surface area contributed by atoms with E-state index in [2.05, 4.69) is 19.9 Å². The lowest BCUT2D eigenvalue weighted by Gasteiger charge is -2.17. The molecule has 0 aliphatic carbocycles. The van der Waals surface area contributed by atoms with Gasteiger partial charge in [0, 0.05) is 36.1 Å². The molecule has 2 aromatic heterocycles. The maximum atomic E-state index is 14.5. The van der Waals surface area contributed by atoms with Crippen LogP contribution in [0.3, 0.4) is 0 Å². The van der Waals surface area contributed by atoms with Gasteiger partial charge in [-0.25, -0.2) is 19.3 Å². The van der Waals surface area contributed by atoms with Gasteiger partial charge < -0.3 is 9.72 Å². The first-order valence-electron chi connectivity index (χ1n) is 6.97. The van der Waals surface area contributed by atoms with Gasteiger partial charge in [0.15, 0.2) is 0 Å². The molecule has 23 heavy (non-hydrogen) atoms. The van der Waals surface area contributed by atoms with Crippen LogP contribution in [-0.2, 0) is 6.42 Å². The molecular weight excluding hydrogens is 319 g/mol. The quantitative estimate of drug-likeness (QED) is 0.778. The van der Waals surface area contributed by atoms with Crippen molar-refractivity contribution in [3.63, 3.8) is 0 Å². The molecule has 7 heteroatoms. The van der Waals surface area contributed by atoms with Gasteiger partial charge in [-0.3, -0.25) is 0 Å². The third-order valence-corrected chi connectivity index (χ3v) is 3.83. The van der Waals surface area contributed by atoms with Gasteiger partial charge in [0.1, 0.15) is 5.82 Å². The first-order chi connectivity index (χ1) is 11.2. The largest absolute Gasteiger partial charge is 0.467 e. The molecule has 3 rings (SSSR count). The number of nitrogens with zero attached hydrogens (tertiary/aromatic N) is 3. The van der Waals surface area contributed by atoms with Crippen molar-refractivity contribution in [1.29, 1.82) is 0 Å². The molecule has 2 heterocycles. The Morgan fingerprint density at radius 1 is 1.35 bits per heavy atom. The Labute approximate surface area is 137 Å². The molecule has 1 N–H and O–H groups in total. The van der Waals surface area contributed by atoms with Crippen LogP contribution in [0.1, 0.15) is 22.9 Å². The van der Waals surface area contributed by atoms with Crippen LogP contribution in [0.2, 0.25) is 5.02 Å². The van der Waals surface area contributed by atoms with Crippen LogP contribution in [0.25, 0.3) is 0 Å². The molecule has 0 amide bonds. The minimum absolute atomic E-state index is 0.0901. The zero-order chi connectivity index (χ0) is 16.2. The molecule has 3 aromatic rings. The Morgan fingerprint density at radius 3 is 2.96 bits per heavy atom. The Balaban J connectivity index is 2.01. The molecule has 0 spiro atoms. The first-order valence-corrected chi connectivity index (χ1v) is 7.35. The minimum Gasteiger partial charge on any atom is -0.467 e. The van der Waals surface area contributed by atoms with Crippen LogP contribution in [0.15, 0.2) is 43.0 Å². The zero-order valence-corrected chi connectivity index (χ0v) is 13.1. The van der Waals surface area contributed by atoms with E-state index in [0.717, 1.165) is 11.4 Å². The molecule has 118 valence electrons. The van der Waals surface area contributed by atoms with Crippen molar-refractivity contribution in [3.05, 3.63) is 70.8 Å². The van der Waals surface area contributed by atoms with Crippen LogP contribution in [-0.4, -0.2) is 27.0 Å². The van der Waals surface area contributed by atoms with Gasteiger partial charge in [-0.1, -0.05) is 23.7 Å². The molecule has 0 aliphatic rings. The average molecular weight is 333 g/mol. The van der Waals surface area contributed by atoms with E-state index in [4.69, 9.17) is 16.3 Å². The summed E-state index contributed by atoms with van der Waals surface area (Å²) in [4.78, 5) is 15.3. The summed E-state index contributed by atoms with van der Waals surface area (Å²) in [5.41, 5.74) is 2.00. The van der Waals surface area contributed by atoms with E-state index >= 15 is 0 Å². The van der Waals surface area contributed by atoms with Gasteiger partial charge in [-0.05, 0) is 17.7 Å². The van der Waals surface area contributed by atoms with Crippen molar-refractivity contribution in [2.45, 2.75) is 12.3 Å². The topological polar surface area (TPSA) is 63.7 Å². The second-order valence-corrected chi connectivity index (χ2v) is 5.35. The molecule has 1 unspecified atom stereocenters. The third-order valence-electron chi connectivity index (χ3n) is 3.54. The fourth-order valence-corrected chi connectivity index (χ4v) is 2.61. The number of aromatic nitrogens is 4. The van der Waals surface area contributed by atoms with E-state index in [0.29, 0.717) is 12.0 Å². The van der Waals surface area contributed by atoms with Crippen molar-refractivity contribution < 1.29 is 9.13 Å². The fraction of sp³-hybridized carbons (Fsp3) is 0.188. The molecular formula is C16H14ClFN4O. The van der Waals surface area contributed by atoms with Gasteiger partial charge in [0.2, 0.25) is 0 Å². The lowest BCUT2D eigenvalue weighted by Crippen LogP contribution is -2.10. The summed E-state index contributed by atoms with van der Waals surface area (Å²) in [5.74, 6) is -0.731. The van der Waals surface area contributed by atoms with Gasteiger partial charge in [-0.15, -0.1) is 0 Å². The highest BCUT2D eigenvalue weighted by molar-refractivity contribution is 6.30. The van der Waals surface area contributed by atoms with Crippen LogP contribution in [0.5, 0.6) is 6.01 Å². The van der Waals surface area contributed by atoms with Gasteiger partial charge in [0.05, 0.1) is 18.5 Å². The van der Waals surface area contributed by atoms with Gasteiger partial charge in [-0.2, -0.15) is 0 Å². The summed E-state index contributed by atoms with van der Waals surface area (Å²) in [6.07, 6.45) is 5.30. The van der Waals surface area contributed by atoms with Crippen molar-refractivity contribution in [3.8, 4) is 6.01 Å². The molecule has 5 nitrogen and oxygen atoms in total. The predicted octanol–water partition coefficient (Wildman–Crippen LogP) is 3.38. The number of H-pyrrole nitrogens is 1. The molecule has 0 aliphatic heterocycles. The summed E-state index contributed by atoms with van der Waals surface area (Å²) in [6.45, 7) is 0. The molecule has 0 bridgehead atoms. The first kappa shape index (κ1) is 15.4. The number of hydrogen-bond acceptors (Lipinski definition) is 4. The van der Waals surface area contributed by atoms with Crippen LogP contribution in [0, 0.1) is 5.82 Å². The standard InChI is InChI=1S/C16H14ClFN4O/c1-23-16-20-6-5-10(22-16)7-12(14-8-19-9-21-14)11-3-2-4-13(17)15(11)18/h2-6,8-9,12H,7H2,1H3,(H,19,21). The maximum Gasteiger partial charge on any atom is 0.316 e. The van der Waals surface area contributed by atoms with E-state index in [9.17, 15) is 4.39 Å². The normalized spacial score (nSPS) is 12.1. The summed E-state index contributed by atoms with van der Waals surface area (Å²) in [7, 11) is 1.50. The van der Waals surface area contributed by atoms with Crippen molar-refractivity contribution in [1.82, 2.24) is 19.9 Å². The second-order valence-electron chi connectivity index (χ2n) is 4.94. The monoisotopic (exact) mass is 332 g/mol. The van der Waals surface area contributed by atoms with E-state index in [1.807, 2.05) is 0 Å². The highest BCUT2D eigenvalue weighted by Gasteiger charge is 2.22. The Kier molecular flexibility index (Phi) is 4.52. The van der Waals surface area contributed by atoms with Gasteiger partial charge in [0.25, 0.3) is 0 Å². The van der Waals surface area contributed by atoms with E-state index < -0.39 is 5.82 Å². The van der Waals surface area contributed by atoms with Crippen LogP contribution < -0.4 is 4.74 Å². The zero-order valence-electron chi connectivity index (χ0n) is 12.3. The van der Waals surface area contributed by atoms with Crippen LogP contribution in [0.4, 0.5) is 4.39 Å². The third kappa shape index (κ3) is 3.32. The van der Waals surface area contributed by atoms with Crippen molar-refractivity contribution >= 4 is 11.6 Å². The summed E-state index contributed by atoms with van der Waals surface area (Å²) < 4.78 is 19.5. The Morgan fingerprint density at radius 2 is 2.22 bits per heavy atom. The summed E-state index contributed by atoms with van der Waals surface area (Å²) >= 11 is 5.92. The number of hydrogen-bond donors (Lipinski definition) is 1. The van der Waals surface area contributed by atoms with Crippen molar-refractivity contribution in [2.75, 3.05) is 7.11 Å². The van der Waals surface area contributed by atoms with Crippen molar-refractivity contribution in [2.24, 2.45) is 0 Å². The van der Waals surface area contributed by atoms with E-state index in [-0.39, 0.29) is 17.0 Å². The number of methoxy groups -OCH3 is 1. The molecule has 0 radical (unpaired) electrons. The number of rotatable bonds is 5. The number of imidazole rings is 1. The smallest absolute Gasteiger partial charge is 0.316 e. The highest BCUT2D eigenvalue weighted by atomic mass is 35.5.